The molecular formula is C19H22N2O2. The SMILES string of the molecule is COc1ccc(C)cc1-c1ccc(CC#N)c(=O)n1CC(C)C. The van der Waals surface area contributed by atoms with Crippen molar-refractivity contribution in [3.63, 3.8) is 0 Å². The normalized spacial score (nSPS) is 10.6. The summed E-state index contributed by atoms with van der Waals surface area (Å²) in [4.78, 5) is 12.7. The quantitative estimate of drug-likeness (QED) is 0.848. The third-order valence-corrected chi connectivity index (χ3v) is 3.70. The second kappa shape index (κ2) is 7.15. The first-order valence-corrected chi connectivity index (χ1v) is 7.72. The van der Waals surface area contributed by atoms with Gasteiger partial charge in [0.15, 0.2) is 0 Å². The fourth-order valence-electron chi connectivity index (χ4n) is 2.65. The van der Waals surface area contributed by atoms with Crippen LogP contribution in [-0.2, 0) is 13.0 Å². The van der Waals surface area contributed by atoms with Crippen molar-refractivity contribution in [3.05, 3.63) is 51.8 Å². The summed E-state index contributed by atoms with van der Waals surface area (Å²) in [6.07, 6.45) is 0.127. The van der Waals surface area contributed by atoms with Crippen LogP contribution in [0.4, 0.5) is 0 Å². The van der Waals surface area contributed by atoms with Gasteiger partial charge in [0.1, 0.15) is 5.75 Å². The van der Waals surface area contributed by atoms with E-state index in [1.54, 1.807) is 17.7 Å². The predicted octanol–water partition coefficient (Wildman–Crippen LogP) is 3.55. The van der Waals surface area contributed by atoms with Crippen LogP contribution in [-0.4, -0.2) is 11.7 Å². The summed E-state index contributed by atoms with van der Waals surface area (Å²) in [7, 11) is 1.63. The highest BCUT2D eigenvalue weighted by Crippen LogP contribution is 2.30. The second-order valence-electron chi connectivity index (χ2n) is 6.09. The molecule has 0 unspecified atom stereocenters. The van der Waals surface area contributed by atoms with Crippen LogP contribution in [0, 0.1) is 24.2 Å². The number of nitrogens with zero attached hydrogens (tertiary/aromatic N) is 2. The number of aromatic nitrogens is 1. The molecule has 0 aliphatic carbocycles. The minimum absolute atomic E-state index is 0.0960. The summed E-state index contributed by atoms with van der Waals surface area (Å²) in [5.41, 5.74) is 3.26. The van der Waals surface area contributed by atoms with Crippen molar-refractivity contribution in [2.24, 2.45) is 5.92 Å². The van der Waals surface area contributed by atoms with Crippen molar-refractivity contribution in [2.75, 3.05) is 7.11 Å². The van der Waals surface area contributed by atoms with Gasteiger partial charge in [0.2, 0.25) is 0 Å². The number of hydrogen-bond donors (Lipinski definition) is 0. The summed E-state index contributed by atoms with van der Waals surface area (Å²) in [6, 6.07) is 11.6. The van der Waals surface area contributed by atoms with Crippen molar-refractivity contribution in [2.45, 2.75) is 33.7 Å². The number of hydrogen-bond acceptors (Lipinski definition) is 3. The average molecular weight is 310 g/mol. The van der Waals surface area contributed by atoms with E-state index in [0.717, 1.165) is 22.6 Å². The zero-order valence-electron chi connectivity index (χ0n) is 14.1. The van der Waals surface area contributed by atoms with Crippen molar-refractivity contribution < 1.29 is 4.74 Å². The molecule has 0 radical (unpaired) electrons. The van der Waals surface area contributed by atoms with Gasteiger partial charge in [-0.2, -0.15) is 5.26 Å². The van der Waals surface area contributed by atoms with Crippen LogP contribution >= 0.6 is 0 Å². The lowest BCUT2D eigenvalue weighted by molar-refractivity contribution is 0.415. The minimum Gasteiger partial charge on any atom is -0.496 e. The van der Waals surface area contributed by atoms with Crippen LogP contribution in [0.15, 0.2) is 35.1 Å². The maximum Gasteiger partial charge on any atom is 0.255 e. The van der Waals surface area contributed by atoms with Crippen LogP contribution in [0.3, 0.4) is 0 Å². The molecule has 2 rings (SSSR count). The highest BCUT2D eigenvalue weighted by molar-refractivity contribution is 5.68. The topological polar surface area (TPSA) is 55.0 Å². The van der Waals surface area contributed by atoms with Gasteiger partial charge in [-0.15, -0.1) is 0 Å². The van der Waals surface area contributed by atoms with Gasteiger partial charge in [-0.1, -0.05) is 31.5 Å². The molecule has 1 heterocycles. The van der Waals surface area contributed by atoms with Crippen LogP contribution < -0.4 is 10.3 Å². The van der Waals surface area contributed by atoms with Gasteiger partial charge >= 0.3 is 0 Å². The lowest BCUT2D eigenvalue weighted by atomic mass is 10.0. The summed E-state index contributed by atoms with van der Waals surface area (Å²) >= 11 is 0. The number of methoxy groups -OCH3 is 1. The maximum absolute atomic E-state index is 12.7. The molecule has 2 aromatic rings. The number of aryl methyl sites for hydroxylation is 1. The molecule has 23 heavy (non-hydrogen) atoms. The summed E-state index contributed by atoms with van der Waals surface area (Å²) in [5.74, 6) is 1.06. The van der Waals surface area contributed by atoms with E-state index in [4.69, 9.17) is 10.00 Å². The molecule has 0 atom stereocenters. The van der Waals surface area contributed by atoms with Gasteiger partial charge in [-0.05, 0) is 31.0 Å². The van der Waals surface area contributed by atoms with Crippen molar-refractivity contribution >= 4 is 0 Å². The van der Waals surface area contributed by atoms with E-state index in [-0.39, 0.29) is 12.0 Å². The van der Waals surface area contributed by atoms with Gasteiger partial charge in [-0.25, -0.2) is 0 Å². The van der Waals surface area contributed by atoms with E-state index in [2.05, 4.69) is 19.9 Å². The number of pyridine rings is 1. The second-order valence-corrected chi connectivity index (χ2v) is 6.09. The first-order chi connectivity index (χ1) is 11.0. The van der Waals surface area contributed by atoms with E-state index < -0.39 is 0 Å². The van der Waals surface area contributed by atoms with Crippen molar-refractivity contribution in [1.29, 1.82) is 5.26 Å². The van der Waals surface area contributed by atoms with Crippen LogP contribution in [0.25, 0.3) is 11.3 Å². The van der Waals surface area contributed by atoms with Crippen LogP contribution in [0.2, 0.25) is 0 Å². The zero-order chi connectivity index (χ0) is 17.0. The number of nitriles is 1. The van der Waals surface area contributed by atoms with E-state index in [9.17, 15) is 4.79 Å². The Morgan fingerprint density at radius 2 is 2.00 bits per heavy atom. The van der Waals surface area contributed by atoms with Gasteiger partial charge < -0.3 is 9.30 Å². The van der Waals surface area contributed by atoms with E-state index in [1.807, 2.05) is 31.2 Å². The van der Waals surface area contributed by atoms with Gasteiger partial charge in [-0.3, -0.25) is 4.79 Å². The molecule has 0 aliphatic rings. The summed E-state index contributed by atoms with van der Waals surface area (Å²) in [5, 5.41) is 8.90. The molecule has 0 spiro atoms. The number of benzene rings is 1. The van der Waals surface area contributed by atoms with Gasteiger partial charge in [0.25, 0.3) is 5.56 Å². The summed E-state index contributed by atoms with van der Waals surface area (Å²) in [6.45, 7) is 6.75. The van der Waals surface area contributed by atoms with E-state index in [0.29, 0.717) is 18.0 Å². The molecule has 0 bridgehead atoms. The molecule has 4 nitrogen and oxygen atoms in total. The molecule has 0 saturated heterocycles. The molecule has 120 valence electrons. The average Bonchev–Trinajstić information content (AvgIpc) is 2.51. The standard InChI is InChI=1S/C19H22N2O2/c1-13(2)12-21-17(7-6-15(9-10-20)19(21)22)16-11-14(3)5-8-18(16)23-4/h5-8,11,13H,9,12H2,1-4H3. The van der Waals surface area contributed by atoms with Crippen molar-refractivity contribution in [3.8, 4) is 23.1 Å². The Morgan fingerprint density at radius 3 is 2.61 bits per heavy atom. The van der Waals surface area contributed by atoms with Crippen LogP contribution in [0.5, 0.6) is 5.75 Å². The first kappa shape index (κ1) is 16.8. The fourth-order valence-corrected chi connectivity index (χ4v) is 2.65. The third kappa shape index (κ3) is 3.62. The Balaban J connectivity index is 2.72. The monoisotopic (exact) mass is 310 g/mol. The Hall–Kier alpha value is -2.54. The number of ether oxygens (including phenoxy) is 1. The Bertz CT molecular complexity index is 798. The predicted molar refractivity (Wildman–Crippen MR) is 91.6 cm³/mol. The number of rotatable bonds is 5. The van der Waals surface area contributed by atoms with E-state index >= 15 is 0 Å². The highest BCUT2D eigenvalue weighted by atomic mass is 16.5. The minimum atomic E-state index is -0.0960. The highest BCUT2D eigenvalue weighted by Gasteiger charge is 2.15. The lowest BCUT2D eigenvalue weighted by Gasteiger charge is -2.18. The molecule has 0 N–H and O–H groups in total. The molecule has 0 fully saturated rings. The maximum atomic E-state index is 12.7. The fraction of sp³-hybridized carbons (Fsp3) is 0.368. The molecule has 1 aromatic heterocycles. The molecule has 0 amide bonds. The smallest absolute Gasteiger partial charge is 0.255 e. The van der Waals surface area contributed by atoms with Gasteiger partial charge in [0.05, 0.1) is 25.3 Å². The Labute approximate surface area is 137 Å². The summed E-state index contributed by atoms with van der Waals surface area (Å²) < 4.78 is 7.22. The molecule has 0 saturated carbocycles. The van der Waals surface area contributed by atoms with Gasteiger partial charge in [0, 0.05) is 17.7 Å². The largest absolute Gasteiger partial charge is 0.496 e. The lowest BCUT2D eigenvalue weighted by Crippen LogP contribution is -2.27. The molecular weight excluding hydrogens is 288 g/mol. The zero-order valence-corrected chi connectivity index (χ0v) is 14.1. The molecule has 4 heteroatoms. The van der Waals surface area contributed by atoms with Crippen LogP contribution in [0.1, 0.15) is 25.0 Å². The first-order valence-electron chi connectivity index (χ1n) is 7.72. The van der Waals surface area contributed by atoms with E-state index in [1.165, 1.54) is 0 Å². The third-order valence-electron chi connectivity index (χ3n) is 3.70. The molecule has 1 aromatic carbocycles. The molecule has 0 aliphatic heterocycles. The Kier molecular flexibility index (Phi) is 5.23. The Morgan fingerprint density at radius 1 is 1.26 bits per heavy atom. The van der Waals surface area contributed by atoms with Crippen molar-refractivity contribution in [1.82, 2.24) is 4.57 Å².